The molecule has 0 bridgehead atoms. The standard InChI is InChI=1S/C52H100N2O9Si3/c1-19-44(62-65(23-5,24-6)25-7)42(13)49-45(58-49)39-51(14,63-66(26-8,27-9)28-10)34-29-30-40(11)48-41(12)31-32-46(59-50(56)54(17)37-36-53-16)52(15,57-18)35-33-43(38-47(55)60-48)61-64(20-2,21-3)22-4/h29-32,34,41-46,48-49,53H,19-28,33,35-39H2,1-18H3/b32-31?,34-29+,40-30+/t41?,42-,43?,44+,45-,46?,48?,49-,51?,52?/m1/s1. The lowest BCUT2D eigenvalue weighted by atomic mass is 9.88. The van der Waals surface area contributed by atoms with Gasteiger partial charge in [-0.25, -0.2) is 4.79 Å². The normalized spacial score (nSPS) is 26.8. The molecule has 1 amide bonds. The molecule has 0 radical (unpaired) electrons. The van der Waals surface area contributed by atoms with Crippen LogP contribution in [-0.2, 0) is 37.0 Å². The van der Waals surface area contributed by atoms with Crippen LogP contribution < -0.4 is 5.32 Å². The van der Waals surface area contributed by atoms with Gasteiger partial charge in [0.15, 0.2) is 31.1 Å². The Kier molecular flexibility index (Phi) is 25.9. The van der Waals surface area contributed by atoms with E-state index in [4.69, 9.17) is 32.2 Å². The van der Waals surface area contributed by atoms with Crippen LogP contribution in [0.5, 0.6) is 0 Å². The van der Waals surface area contributed by atoms with Gasteiger partial charge >= 0.3 is 12.1 Å². The van der Waals surface area contributed by atoms with Gasteiger partial charge in [-0.05, 0) is 113 Å². The minimum atomic E-state index is -2.11. The lowest BCUT2D eigenvalue weighted by Gasteiger charge is -2.39. The predicted octanol–water partition coefficient (Wildman–Crippen LogP) is 12.6. The highest BCUT2D eigenvalue weighted by atomic mass is 28.4. The zero-order valence-electron chi connectivity index (χ0n) is 45.4. The Morgan fingerprint density at radius 2 is 1.53 bits per heavy atom. The summed E-state index contributed by atoms with van der Waals surface area (Å²) in [5, 5.41) is 3.10. The molecule has 0 aromatic rings. The summed E-state index contributed by atoms with van der Waals surface area (Å²) < 4.78 is 47.0. The van der Waals surface area contributed by atoms with E-state index < -0.39 is 54.5 Å². The summed E-state index contributed by atoms with van der Waals surface area (Å²) in [5.74, 6) is -0.246. The number of hydrogen-bond acceptors (Lipinski definition) is 10. The quantitative estimate of drug-likeness (QED) is 0.0267. The molecule has 66 heavy (non-hydrogen) atoms. The van der Waals surface area contributed by atoms with Crippen molar-refractivity contribution >= 4 is 37.0 Å². The summed E-state index contributed by atoms with van der Waals surface area (Å²) in [7, 11) is -0.657. The van der Waals surface area contributed by atoms with Gasteiger partial charge in [0.25, 0.3) is 0 Å². The lowest BCUT2D eigenvalue weighted by Crippen LogP contribution is -2.47. The summed E-state index contributed by atoms with van der Waals surface area (Å²) in [6.07, 6.45) is 11.6. The number of amides is 1. The summed E-state index contributed by atoms with van der Waals surface area (Å²) in [6, 6.07) is 9.44. The largest absolute Gasteiger partial charge is 0.457 e. The van der Waals surface area contributed by atoms with Crippen LogP contribution in [0, 0.1) is 11.8 Å². The molecule has 10 atom stereocenters. The minimum Gasteiger partial charge on any atom is -0.457 e. The predicted molar refractivity (Wildman–Crippen MR) is 281 cm³/mol. The Hall–Kier alpha value is -1.63. The fraction of sp³-hybridized carbons (Fsp3) is 0.846. The highest BCUT2D eigenvalue weighted by molar-refractivity contribution is 6.74. The average molecular weight is 982 g/mol. The minimum absolute atomic E-state index is 0.0843. The number of cyclic esters (lactones) is 1. The summed E-state index contributed by atoms with van der Waals surface area (Å²) in [4.78, 5) is 29.2. The fourth-order valence-electron chi connectivity index (χ4n) is 10.0. The second kappa shape index (κ2) is 28.3. The van der Waals surface area contributed by atoms with Crippen molar-refractivity contribution in [3.63, 3.8) is 0 Å². The summed E-state index contributed by atoms with van der Waals surface area (Å²) >= 11 is 0. The van der Waals surface area contributed by atoms with Gasteiger partial charge in [0.2, 0.25) is 0 Å². The monoisotopic (exact) mass is 981 g/mol. The van der Waals surface area contributed by atoms with Crippen molar-refractivity contribution in [3.8, 4) is 0 Å². The third-order valence-corrected chi connectivity index (χ3v) is 30.2. The van der Waals surface area contributed by atoms with Crippen LogP contribution in [0.1, 0.15) is 136 Å². The number of epoxide rings is 1. The van der Waals surface area contributed by atoms with Crippen molar-refractivity contribution < 1.29 is 41.8 Å². The van der Waals surface area contributed by atoms with Crippen molar-refractivity contribution in [1.82, 2.24) is 10.2 Å². The van der Waals surface area contributed by atoms with E-state index in [0.29, 0.717) is 31.8 Å². The molecule has 1 N–H and O–H groups in total. The molecule has 384 valence electrons. The molecule has 0 aromatic carbocycles. The number of likely N-dealkylation sites (N-methyl/N-ethyl adjacent to an activating group) is 2. The van der Waals surface area contributed by atoms with Crippen LogP contribution in [0.2, 0.25) is 54.4 Å². The second-order valence-corrected chi connectivity index (χ2v) is 34.3. The Bertz CT molecular complexity index is 1510. The molecule has 0 aromatic heterocycles. The van der Waals surface area contributed by atoms with Crippen LogP contribution in [0.4, 0.5) is 4.79 Å². The van der Waals surface area contributed by atoms with Crippen LogP contribution in [-0.4, -0.2) is 124 Å². The first-order valence-electron chi connectivity index (χ1n) is 26.3. The number of hydrogen-bond donors (Lipinski definition) is 1. The number of methoxy groups -OCH3 is 1. The first-order valence-corrected chi connectivity index (χ1v) is 33.8. The fourth-order valence-corrected chi connectivity index (χ4v) is 19.1. The van der Waals surface area contributed by atoms with Gasteiger partial charge in [0.1, 0.15) is 11.7 Å². The van der Waals surface area contributed by atoms with E-state index in [1.807, 2.05) is 40.0 Å². The van der Waals surface area contributed by atoms with E-state index in [0.717, 1.165) is 72.8 Å². The van der Waals surface area contributed by atoms with Crippen LogP contribution in [0.3, 0.4) is 0 Å². The van der Waals surface area contributed by atoms with Gasteiger partial charge in [-0.2, -0.15) is 0 Å². The molecule has 0 spiro atoms. The van der Waals surface area contributed by atoms with Crippen molar-refractivity contribution in [2.75, 3.05) is 34.3 Å². The van der Waals surface area contributed by atoms with Gasteiger partial charge in [-0.3, -0.25) is 4.79 Å². The second-order valence-electron chi connectivity index (χ2n) is 20.2. The Balaban J connectivity index is 2.62. The number of ether oxygens (including phenoxy) is 4. The molecule has 1 fully saturated rings. The first kappa shape index (κ1) is 60.5. The highest BCUT2D eigenvalue weighted by Gasteiger charge is 2.51. The molecule has 14 heteroatoms. The van der Waals surface area contributed by atoms with Crippen molar-refractivity contribution in [2.24, 2.45) is 11.8 Å². The Labute approximate surface area is 407 Å². The molecule has 2 rings (SSSR count). The zero-order valence-corrected chi connectivity index (χ0v) is 48.4. The number of esters is 1. The maximum atomic E-state index is 14.1. The van der Waals surface area contributed by atoms with Crippen LogP contribution in [0.25, 0.3) is 0 Å². The molecular weight excluding hydrogens is 881 g/mol. The van der Waals surface area contributed by atoms with Crippen molar-refractivity contribution in [3.05, 3.63) is 36.0 Å². The topological polar surface area (TPSA) is 117 Å². The Morgan fingerprint density at radius 3 is 2.05 bits per heavy atom. The Morgan fingerprint density at radius 1 is 0.955 bits per heavy atom. The SMILES string of the molecule is CC[C@H](O[Si](CC)(CC)CC)[C@@H](C)[C@H]1O[C@@H]1CC(C)(/C=C/C=C(\C)C1OC(=O)CC(O[Si](CC)(CC)CC)CCC(C)(OC)C(OC(=O)N(C)CCNC)C=CC1C)O[Si](CC)(CC)CC. The molecule has 6 unspecified atom stereocenters. The van der Waals surface area contributed by atoms with Crippen molar-refractivity contribution in [1.29, 1.82) is 0 Å². The smallest absolute Gasteiger partial charge is 0.410 e. The van der Waals surface area contributed by atoms with Gasteiger partial charge in [0, 0.05) is 51.6 Å². The van der Waals surface area contributed by atoms with E-state index in [9.17, 15) is 9.59 Å². The number of nitrogens with one attached hydrogen (secondary N) is 1. The third-order valence-electron chi connectivity index (χ3n) is 16.0. The molecule has 2 aliphatic rings. The molecule has 2 aliphatic heterocycles. The van der Waals surface area contributed by atoms with E-state index in [1.54, 1.807) is 19.1 Å². The number of rotatable bonds is 28. The van der Waals surface area contributed by atoms with Gasteiger partial charge in [-0.1, -0.05) is 107 Å². The number of carbonyl (C=O) groups is 2. The maximum Gasteiger partial charge on any atom is 0.410 e. The third kappa shape index (κ3) is 17.1. The highest BCUT2D eigenvalue weighted by Crippen LogP contribution is 2.43. The molecule has 0 aliphatic carbocycles. The van der Waals surface area contributed by atoms with E-state index in [2.05, 4.69) is 107 Å². The number of nitrogens with zero attached hydrogens (tertiary/aromatic N) is 1. The van der Waals surface area contributed by atoms with Crippen LogP contribution in [0.15, 0.2) is 36.0 Å². The van der Waals surface area contributed by atoms with E-state index in [1.165, 1.54) is 0 Å². The van der Waals surface area contributed by atoms with E-state index >= 15 is 0 Å². The van der Waals surface area contributed by atoms with Gasteiger partial charge in [0.05, 0.1) is 30.3 Å². The first-order chi connectivity index (χ1) is 31.2. The summed E-state index contributed by atoms with van der Waals surface area (Å²) in [5.41, 5.74) is -0.534. The van der Waals surface area contributed by atoms with E-state index in [-0.39, 0.29) is 42.7 Å². The average Bonchev–Trinajstić information content (AvgIpc) is 4.09. The van der Waals surface area contributed by atoms with Gasteiger partial charge in [-0.15, -0.1) is 0 Å². The molecular formula is C52H100N2O9Si3. The number of allylic oxidation sites excluding steroid dienone is 2. The van der Waals surface area contributed by atoms with Crippen molar-refractivity contribution in [2.45, 2.75) is 238 Å². The molecule has 1 saturated heterocycles. The summed E-state index contributed by atoms with van der Waals surface area (Å²) in [6.45, 7) is 34.3. The zero-order chi connectivity index (χ0) is 49.9. The number of carbonyl (C=O) groups excluding carboxylic acids is 2. The lowest BCUT2D eigenvalue weighted by molar-refractivity contribution is -0.151. The molecule has 2 heterocycles. The molecule has 0 saturated carbocycles. The van der Waals surface area contributed by atoms with Crippen LogP contribution >= 0.6 is 0 Å². The molecule has 11 nitrogen and oxygen atoms in total. The van der Waals surface area contributed by atoms with Gasteiger partial charge < -0.3 is 42.4 Å². The maximum absolute atomic E-state index is 14.1.